The van der Waals surface area contributed by atoms with Crippen molar-refractivity contribution in [1.82, 2.24) is 10.2 Å². The van der Waals surface area contributed by atoms with Gasteiger partial charge in [0.05, 0.1) is 6.04 Å². The first kappa shape index (κ1) is 10.9. The smallest absolute Gasteiger partial charge is 0.243 e. The maximum absolute atomic E-state index is 11.9. The molecular formula is C12H16N2O2. The maximum Gasteiger partial charge on any atom is 0.243 e. The summed E-state index contributed by atoms with van der Waals surface area (Å²) in [5, 5.41) is 2.90. The normalized spacial score (nSPS) is 24.1. The van der Waals surface area contributed by atoms with Gasteiger partial charge in [0.2, 0.25) is 11.8 Å². The number of nitrogens with one attached hydrogen (secondary N) is 1. The van der Waals surface area contributed by atoms with E-state index in [1.54, 1.807) is 4.90 Å². The Morgan fingerprint density at radius 2 is 2.00 bits per heavy atom. The van der Waals surface area contributed by atoms with Crippen LogP contribution in [0.3, 0.4) is 0 Å². The molecule has 2 aliphatic rings. The summed E-state index contributed by atoms with van der Waals surface area (Å²) in [5.74, 6) is -0.0657. The molecule has 1 atom stereocenters. The lowest BCUT2D eigenvalue weighted by molar-refractivity contribution is -0.136. The van der Waals surface area contributed by atoms with Crippen LogP contribution >= 0.6 is 0 Å². The zero-order valence-corrected chi connectivity index (χ0v) is 9.35. The molecule has 2 amide bonds. The second kappa shape index (κ2) is 4.51. The lowest BCUT2D eigenvalue weighted by Gasteiger charge is -2.23. The van der Waals surface area contributed by atoms with Gasteiger partial charge in [0.1, 0.15) is 6.04 Å². The summed E-state index contributed by atoms with van der Waals surface area (Å²) in [6.45, 7) is 2.21. The molecule has 1 aliphatic carbocycles. The predicted octanol–water partition coefficient (Wildman–Crippen LogP) is 0.608. The molecule has 1 saturated heterocycles. The van der Waals surface area contributed by atoms with Crippen molar-refractivity contribution in [2.75, 3.05) is 6.54 Å². The van der Waals surface area contributed by atoms with Crippen molar-refractivity contribution in [1.29, 1.82) is 0 Å². The minimum absolute atomic E-state index is 0.0121. The van der Waals surface area contributed by atoms with E-state index in [0.717, 1.165) is 12.8 Å². The topological polar surface area (TPSA) is 49.4 Å². The fraction of sp³-hybridized carbons (Fsp3) is 0.500. The van der Waals surface area contributed by atoms with Crippen molar-refractivity contribution in [3.05, 3.63) is 24.3 Å². The van der Waals surface area contributed by atoms with Crippen LogP contribution in [0.15, 0.2) is 24.3 Å². The second-order valence-corrected chi connectivity index (χ2v) is 4.17. The van der Waals surface area contributed by atoms with Crippen LogP contribution in [0.2, 0.25) is 0 Å². The van der Waals surface area contributed by atoms with Gasteiger partial charge >= 0.3 is 0 Å². The van der Waals surface area contributed by atoms with Crippen molar-refractivity contribution >= 4 is 11.8 Å². The van der Waals surface area contributed by atoms with Crippen LogP contribution in [0.25, 0.3) is 0 Å². The molecule has 2 rings (SSSR count). The van der Waals surface area contributed by atoms with Crippen LogP contribution in [-0.2, 0) is 9.59 Å². The number of likely N-dealkylation sites (tertiary alicyclic amines) is 1. The molecule has 0 spiro atoms. The van der Waals surface area contributed by atoms with E-state index >= 15 is 0 Å². The second-order valence-electron chi connectivity index (χ2n) is 4.17. The molecule has 1 fully saturated rings. The predicted molar refractivity (Wildman–Crippen MR) is 60.6 cm³/mol. The first-order valence-electron chi connectivity index (χ1n) is 5.61. The Morgan fingerprint density at radius 1 is 1.31 bits per heavy atom. The molecule has 0 bridgehead atoms. The third-order valence-corrected chi connectivity index (χ3v) is 3.02. The SMILES string of the molecule is CC(=O)N1CCCC1C(=O)NC1C=CC=C1. The van der Waals surface area contributed by atoms with Crippen molar-refractivity contribution in [2.24, 2.45) is 0 Å². The highest BCUT2D eigenvalue weighted by atomic mass is 16.2. The molecule has 1 N–H and O–H groups in total. The molecule has 1 heterocycles. The number of hydrogen-bond donors (Lipinski definition) is 1. The summed E-state index contributed by atoms with van der Waals surface area (Å²) in [4.78, 5) is 24.9. The molecule has 0 aromatic heterocycles. The van der Waals surface area contributed by atoms with Crippen molar-refractivity contribution in [3.63, 3.8) is 0 Å². The number of nitrogens with zero attached hydrogens (tertiary/aromatic N) is 1. The van der Waals surface area contributed by atoms with Gasteiger partial charge in [-0.05, 0) is 12.8 Å². The summed E-state index contributed by atoms with van der Waals surface area (Å²) >= 11 is 0. The van der Waals surface area contributed by atoms with Crippen LogP contribution in [-0.4, -0.2) is 35.3 Å². The number of allylic oxidation sites excluding steroid dienone is 2. The number of carbonyl (C=O) groups is 2. The molecule has 0 saturated carbocycles. The van der Waals surface area contributed by atoms with Crippen LogP contribution in [0.5, 0.6) is 0 Å². The highest BCUT2D eigenvalue weighted by molar-refractivity contribution is 5.87. The van der Waals surface area contributed by atoms with Crippen LogP contribution < -0.4 is 5.32 Å². The summed E-state index contributed by atoms with van der Waals surface area (Å²) in [5.41, 5.74) is 0. The summed E-state index contributed by atoms with van der Waals surface area (Å²) in [6, 6.07) is -0.290. The lowest BCUT2D eigenvalue weighted by atomic mass is 10.2. The highest BCUT2D eigenvalue weighted by Gasteiger charge is 2.32. The molecule has 16 heavy (non-hydrogen) atoms. The number of carbonyl (C=O) groups excluding carboxylic acids is 2. The van der Waals surface area contributed by atoms with Gasteiger partial charge in [-0.1, -0.05) is 24.3 Å². The Morgan fingerprint density at radius 3 is 2.62 bits per heavy atom. The van der Waals surface area contributed by atoms with Gasteiger partial charge in [0, 0.05) is 13.5 Å². The Kier molecular flexibility index (Phi) is 3.08. The highest BCUT2D eigenvalue weighted by Crippen LogP contribution is 2.17. The minimum Gasteiger partial charge on any atom is -0.345 e. The van der Waals surface area contributed by atoms with Gasteiger partial charge in [-0.25, -0.2) is 0 Å². The maximum atomic E-state index is 11.9. The average Bonchev–Trinajstić information content (AvgIpc) is 2.86. The average molecular weight is 220 g/mol. The van der Waals surface area contributed by atoms with Gasteiger partial charge < -0.3 is 10.2 Å². The van der Waals surface area contributed by atoms with Crippen LogP contribution in [0, 0.1) is 0 Å². The zero-order valence-electron chi connectivity index (χ0n) is 9.35. The monoisotopic (exact) mass is 220 g/mol. The van der Waals surface area contributed by atoms with E-state index < -0.39 is 0 Å². The van der Waals surface area contributed by atoms with Gasteiger partial charge in [-0.3, -0.25) is 9.59 Å². The van der Waals surface area contributed by atoms with E-state index in [0.29, 0.717) is 6.54 Å². The summed E-state index contributed by atoms with van der Waals surface area (Å²) in [6.07, 6.45) is 9.33. The molecule has 86 valence electrons. The largest absolute Gasteiger partial charge is 0.345 e. The molecule has 1 aliphatic heterocycles. The van der Waals surface area contributed by atoms with E-state index in [2.05, 4.69) is 5.32 Å². The Balaban J connectivity index is 1.95. The fourth-order valence-electron chi connectivity index (χ4n) is 2.20. The summed E-state index contributed by atoms with van der Waals surface area (Å²) < 4.78 is 0. The Bertz CT molecular complexity index is 348. The van der Waals surface area contributed by atoms with Crippen molar-refractivity contribution < 1.29 is 9.59 Å². The van der Waals surface area contributed by atoms with Crippen molar-refractivity contribution in [2.45, 2.75) is 31.8 Å². The molecule has 0 aromatic carbocycles. The van der Waals surface area contributed by atoms with Crippen molar-refractivity contribution in [3.8, 4) is 0 Å². The first-order chi connectivity index (χ1) is 7.68. The third-order valence-electron chi connectivity index (χ3n) is 3.02. The fourth-order valence-corrected chi connectivity index (χ4v) is 2.20. The van der Waals surface area contributed by atoms with E-state index in [4.69, 9.17) is 0 Å². The zero-order chi connectivity index (χ0) is 11.5. The Hall–Kier alpha value is -1.58. The van der Waals surface area contributed by atoms with E-state index in [1.165, 1.54) is 6.92 Å². The first-order valence-corrected chi connectivity index (χ1v) is 5.61. The van der Waals surface area contributed by atoms with E-state index in [1.807, 2.05) is 24.3 Å². The molecule has 0 radical (unpaired) electrons. The molecule has 1 unspecified atom stereocenters. The quantitative estimate of drug-likeness (QED) is 0.741. The minimum atomic E-state index is -0.278. The third kappa shape index (κ3) is 2.15. The summed E-state index contributed by atoms with van der Waals surface area (Å²) in [7, 11) is 0. The van der Waals surface area contributed by atoms with Gasteiger partial charge in [0.15, 0.2) is 0 Å². The standard InChI is InChI=1S/C12H16N2O2/c1-9(15)14-8-4-7-11(14)12(16)13-10-5-2-3-6-10/h2-3,5-6,10-11H,4,7-8H2,1H3,(H,13,16). The molecule has 4 nitrogen and oxygen atoms in total. The number of rotatable bonds is 2. The number of amides is 2. The van der Waals surface area contributed by atoms with Crippen LogP contribution in [0.1, 0.15) is 19.8 Å². The van der Waals surface area contributed by atoms with E-state index in [-0.39, 0.29) is 23.9 Å². The van der Waals surface area contributed by atoms with Gasteiger partial charge in [-0.2, -0.15) is 0 Å². The van der Waals surface area contributed by atoms with Crippen LogP contribution in [0.4, 0.5) is 0 Å². The number of hydrogen-bond acceptors (Lipinski definition) is 2. The molecule has 4 heteroatoms. The Labute approximate surface area is 95.0 Å². The van der Waals surface area contributed by atoms with Gasteiger partial charge in [-0.15, -0.1) is 0 Å². The lowest BCUT2D eigenvalue weighted by Crippen LogP contribution is -2.47. The molecular weight excluding hydrogens is 204 g/mol. The van der Waals surface area contributed by atoms with Gasteiger partial charge in [0.25, 0.3) is 0 Å². The molecule has 0 aromatic rings. The van der Waals surface area contributed by atoms with E-state index in [9.17, 15) is 9.59 Å².